The van der Waals surface area contributed by atoms with Crippen molar-refractivity contribution in [1.29, 1.82) is 0 Å². The van der Waals surface area contributed by atoms with Crippen molar-refractivity contribution in [1.82, 2.24) is 4.57 Å². The van der Waals surface area contributed by atoms with Gasteiger partial charge in [0, 0.05) is 18.0 Å². The second-order valence-electron chi connectivity index (χ2n) is 6.28. The van der Waals surface area contributed by atoms with Gasteiger partial charge in [-0.05, 0) is 22.8 Å². The Morgan fingerprint density at radius 3 is 1.38 bits per heavy atom. The molecule has 2 heteroatoms. The molecule has 3 aromatic carbocycles. The third-order valence-electron chi connectivity index (χ3n) is 4.81. The molecule has 26 heavy (non-hydrogen) atoms. The van der Waals surface area contributed by atoms with Crippen LogP contribution in [0.3, 0.4) is 0 Å². The van der Waals surface area contributed by atoms with Crippen LogP contribution in [0.15, 0.2) is 109 Å². The van der Waals surface area contributed by atoms with Crippen LogP contribution in [0, 0.1) is 0 Å². The number of hydrogen-bond donors (Lipinski definition) is 0. The van der Waals surface area contributed by atoms with Crippen LogP contribution in [-0.2, 0) is 5.54 Å². The van der Waals surface area contributed by atoms with Gasteiger partial charge in [0.05, 0.1) is 0 Å². The number of nitrogens with zero attached hydrogens (tertiary/aromatic N) is 1. The highest BCUT2D eigenvalue weighted by Crippen LogP contribution is 2.40. The van der Waals surface area contributed by atoms with Crippen molar-refractivity contribution in [3.63, 3.8) is 0 Å². The zero-order valence-corrected chi connectivity index (χ0v) is 14.3. The lowest BCUT2D eigenvalue weighted by atomic mass is 9.77. The van der Waals surface area contributed by atoms with Crippen molar-refractivity contribution >= 4 is 6.29 Å². The molecule has 1 aromatic heterocycles. The summed E-state index contributed by atoms with van der Waals surface area (Å²) in [6.07, 6.45) is 4.79. The molecular formula is C24H19NO. The molecule has 126 valence electrons. The number of carbonyl (C=O) groups excluding carboxylic acids is 1. The summed E-state index contributed by atoms with van der Waals surface area (Å²) in [6.45, 7) is 0. The smallest absolute Gasteiger partial charge is 0.151 e. The van der Waals surface area contributed by atoms with Gasteiger partial charge < -0.3 is 4.57 Å². The van der Waals surface area contributed by atoms with Crippen molar-refractivity contribution in [3.05, 3.63) is 132 Å². The highest BCUT2D eigenvalue weighted by molar-refractivity contribution is 5.74. The van der Waals surface area contributed by atoms with Crippen LogP contribution in [0.5, 0.6) is 0 Å². The number of aromatic nitrogens is 1. The number of benzene rings is 3. The van der Waals surface area contributed by atoms with Crippen LogP contribution < -0.4 is 0 Å². The Morgan fingerprint density at radius 1 is 0.615 bits per heavy atom. The molecule has 0 aliphatic heterocycles. The summed E-state index contributed by atoms with van der Waals surface area (Å²) >= 11 is 0. The highest BCUT2D eigenvalue weighted by atomic mass is 16.1. The maximum atomic E-state index is 11.3. The molecule has 0 saturated heterocycles. The Morgan fingerprint density at radius 2 is 1.04 bits per heavy atom. The molecule has 0 radical (unpaired) electrons. The van der Waals surface area contributed by atoms with Gasteiger partial charge in [-0.25, -0.2) is 0 Å². The van der Waals surface area contributed by atoms with E-state index in [0.717, 1.165) is 23.0 Å². The van der Waals surface area contributed by atoms with Gasteiger partial charge in [-0.15, -0.1) is 0 Å². The summed E-state index contributed by atoms with van der Waals surface area (Å²) in [5.74, 6) is 0. The van der Waals surface area contributed by atoms with E-state index in [2.05, 4.69) is 77.4 Å². The lowest BCUT2D eigenvalue weighted by Crippen LogP contribution is -2.36. The minimum Gasteiger partial charge on any atom is -0.335 e. The molecule has 0 fully saturated rings. The standard InChI is InChI=1S/C24H19NO/c26-19-20-16-17-25(18-20)24(21-10-4-1-5-11-21,22-12-6-2-7-13-22)23-14-8-3-9-15-23/h1-19H. The monoisotopic (exact) mass is 337 g/mol. The fourth-order valence-corrected chi connectivity index (χ4v) is 3.68. The quantitative estimate of drug-likeness (QED) is 0.365. The summed E-state index contributed by atoms with van der Waals surface area (Å²) in [5.41, 5.74) is 3.55. The first-order valence-electron chi connectivity index (χ1n) is 8.66. The number of carbonyl (C=O) groups is 1. The lowest BCUT2D eigenvalue weighted by Gasteiger charge is -2.37. The lowest BCUT2D eigenvalue weighted by molar-refractivity contribution is 0.112. The first-order chi connectivity index (χ1) is 12.9. The van der Waals surface area contributed by atoms with E-state index in [4.69, 9.17) is 0 Å². The van der Waals surface area contributed by atoms with Gasteiger partial charge in [0.2, 0.25) is 0 Å². The zero-order valence-electron chi connectivity index (χ0n) is 14.3. The van der Waals surface area contributed by atoms with Crippen LogP contribution in [0.1, 0.15) is 27.0 Å². The molecular weight excluding hydrogens is 318 g/mol. The van der Waals surface area contributed by atoms with Gasteiger partial charge in [0.15, 0.2) is 6.29 Å². The minimum absolute atomic E-state index is 0.551. The highest BCUT2D eigenvalue weighted by Gasteiger charge is 2.37. The molecule has 0 saturated carbocycles. The van der Waals surface area contributed by atoms with Crippen LogP contribution in [0.2, 0.25) is 0 Å². The normalized spacial score (nSPS) is 11.2. The third kappa shape index (κ3) is 2.56. The van der Waals surface area contributed by atoms with Crippen molar-refractivity contribution in [2.45, 2.75) is 5.54 Å². The molecule has 4 aromatic rings. The van der Waals surface area contributed by atoms with Crippen LogP contribution in [0.25, 0.3) is 0 Å². The fraction of sp³-hybridized carbons (Fsp3) is 0.0417. The molecule has 4 rings (SSSR count). The summed E-state index contributed by atoms with van der Waals surface area (Å²) in [6, 6.07) is 33.1. The number of hydrogen-bond acceptors (Lipinski definition) is 1. The first-order valence-corrected chi connectivity index (χ1v) is 8.66. The van der Waals surface area contributed by atoms with Crippen molar-refractivity contribution in [2.24, 2.45) is 0 Å². The van der Waals surface area contributed by atoms with E-state index < -0.39 is 5.54 Å². The van der Waals surface area contributed by atoms with Crippen LogP contribution in [-0.4, -0.2) is 10.9 Å². The van der Waals surface area contributed by atoms with Crippen molar-refractivity contribution < 1.29 is 4.79 Å². The van der Waals surface area contributed by atoms with Gasteiger partial charge in [-0.3, -0.25) is 4.79 Å². The van der Waals surface area contributed by atoms with E-state index >= 15 is 0 Å². The van der Waals surface area contributed by atoms with E-state index in [9.17, 15) is 4.79 Å². The van der Waals surface area contributed by atoms with Gasteiger partial charge >= 0.3 is 0 Å². The second-order valence-corrected chi connectivity index (χ2v) is 6.28. The molecule has 0 spiro atoms. The Hall–Kier alpha value is -3.39. The molecule has 0 N–H and O–H groups in total. The zero-order chi connectivity index (χ0) is 17.8. The van der Waals surface area contributed by atoms with Gasteiger partial charge in [-0.2, -0.15) is 0 Å². The SMILES string of the molecule is O=Cc1ccn(C(c2ccccc2)(c2ccccc2)c2ccccc2)c1. The van der Waals surface area contributed by atoms with Gasteiger partial charge in [0.25, 0.3) is 0 Å². The van der Waals surface area contributed by atoms with E-state index in [1.165, 1.54) is 0 Å². The van der Waals surface area contributed by atoms with Crippen molar-refractivity contribution in [2.75, 3.05) is 0 Å². The molecule has 0 bridgehead atoms. The maximum absolute atomic E-state index is 11.3. The van der Waals surface area contributed by atoms with E-state index in [1.807, 2.05) is 36.7 Å². The second kappa shape index (κ2) is 6.85. The summed E-state index contributed by atoms with van der Waals surface area (Å²) in [4.78, 5) is 11.3. The third-order valence-corrected chi connectivity index (χ3v) is 4.81. The molecule has 1 heterocycles. The molecule has 0 atom stereocenters. The molecule has 0 aliphatic rings. The van der Waals surface area contributed by atoms with E-state index in [0.29, 0.717) is 5.56 Å². The Labute approximate surface area is 153 Å². The summed E-state index contributed by atoms with van der Waals surface area (Å²) in [5, 5.41) is 0. The Bertz CT molecular complexity index is 891. The van der Waals surface area contributed by atoms with Crippen LogP contribution >= 0.6 is 0 Å². The molecule has 0 unspecified atom stereocenters. The molecule has 2 nitrogen and oxygen atoms in total. The fourth-order valence-electron chi connectivity index (χ4n) is 3.68. The number of rotatable bonds is 5. The van der Waals surface area contributed by atoms with E-state index in [1.54, 1.807) is 0 Å². The largest absolute Gasteiger partial charge is 0.335 e. The molecule has 0 amide bonds. The van der Waals surface area contributed by atoms with E-state index in [-0.39, 0.29) is 0 Å². The molecule has 0 aliphatic carbocycles. The topological polar surface area (TPSA) is 22.0 Å². The van der Waals surface area contributed by atoms with Gasteiger partial charge in [-0.1, -0.05) is 91.0 Å². The Kier molecular flexibility index (Phi) is 4.24. The van der Waals surface area contributed by atoms with Crippen molar-refractivity contribution in [3.8, 4) is 0 Å². The minimum atomic E-state index is -0.551. The maximum Gasteiger partial charge on any atom is 0.151 e. The average Bonchev–Trinajstić information content (AvgIpc) is 3.21. The number of aldehydes is 1. The summed E-state index contributed by atoms with van der Waals surface area (Å²) < 4.78 is 2.14. The predicted octanol–water partition coefficient (Wildman–Crippen LogP) is 5.14. The summed E-state index contributed by atoms with van der Waals surface area (Å²) in [7, 11) is 0. The van der Waals surface area contributed by atoms with Gasteiger partial charge in [0.1, 0.15) is 5.54 Å². The Balaban J connectivity index is 2.12. The first kappa shape index (κ1) is 16.1. The van der Waals surface area contributed by atoms with Crippen LogP contribution in [0.4, 0.5) is 0 Å². The predicted molar refractivity (Wildman–Crippen MR) is 104 cm³/mol. The average molecular weight is 337 g/mol.